The van der Waals surface area contributed by atoms with Crippen LogP contribution in [0.25, 0.3) is 0 Å². The number of halogens is 1. The number of carbonyl (C=O) groups excluding carboxylic acids is 1. The van der Waals surface area contributed by atoms with Crippen molar-refractivity contribution >= 4 is 11.9 Å². The number of tetrazole rings is 1. The number of aliphatic hydroxyl groups is 1. The average Bonchev–Trinajstić information content (AvgIpc) is 2.81. The van der Waals surface area contributed by atoms with Gasteiger partial charge in [-0.05, 0) is 23.4 Å². The Morgan fingerprint density at radius 2 is 2.35 bits per heavy atom. The number of benzene rings is 1. The number of hydrogen-bond acceptors (Lipinski definition) is 5. The van der Waals surface area contributed by atoms with Gasteiger partial charge >= 0.3 is 0 Å². The Balaban J connectivity index is 2.18. The molecule has 1 aromatic carbocycles. The summed E-state index contributed by atoms with van der Waals surface area (Å²) in [5.41, 5.74) is 0.206. The monoisotopic (exact) mass is 275 g/mol. The number of amides is 1. The summed E-state index contributed by atoms with van der Waals surface area (Å²) in [6.07, 6.45) is 0. The first kappa shape index (κ1) is 13.6. The summed E-state index contributed by atoms with van der Waals surface area (Å²) in [7, 11) is 1.54. The maximum Gasteiger partial charge on any atom is 0.270 e. The number of anilines is 1. The average molecular weight is 275 g/mol. The molecule has 0 aliphatic heterocycles. The minimum atomic E-state index is -0.726. The first-order valence-electron chi connectivity index (χ1n) is 5.55. The fourth-order valence-corrected chi connectivity index (χ4v) is 1.42. The van der Waals surface area contributed by atoms with Crippen molar-refractivity contribution in [2.75, 3.05) is 11.9 Å². The van der Waals surface area contributed by atoms with E-state index >= 15 is 0 Å². The number of aromatic nitrogens is 4. The predicted molar refractivity (Wildman–Crippen MR) is 67.1 cm³/mol. The fraction of sp³-hybridized carbons (Fsp3) is 0.167. The van der Waals surface area contributed by atoms with Gasteiger partial charge in [-0.25, -0.2) is 4.39 Å². The van der Waals surface area contributed by atoms with Crippen molar-refractivity contribution in [3.05, 3.63) is 35.1 Å². The second kappa shape index (κ2) is 5.90. The molecule has 1 aromatic heterocycles. The Hall–Kier alpha value is -2.79. The third kappa shape index (κ3) is 3.15. The largest absolute Gasteiger partial charge is 0.384 e. The Labute approximate surface area is 113 Å². The zero-order valence-corrected chi connectivity index (χ0v) is 10.5. The summed E-state index contributed by atoms with van der Waals surface area (Å²) >= 11 is 0. The number of hydrogen-bond donors (Lipinski definition) is 2. The molecule has 1 heterocycles. The third-order valence-electron chi connectivity index (χ3n) is 2.26. The van der Waals surface area contributed by atoms with Crippen molar-refractivity contribution in [3.8, 4) is 11.8 Å². The van der Waals surface area contributed by atoms with Crippen molar-refractivity contribution in [3.63, 3.8) is 0 Å². The Bertz CT molecular complexity index is 701. The van der Waals surface area contributed by atoms with Crippen LogP contribution >= 0.6 is 0 Å². The molecule has 0 radical (unpaired) electrons. The van der Waals surface area contributed by atoms with E-state index in [-0.39, 0.29) is 18.1 Å². The second-order valence-corrected chi connectivity index (χ2v) is 3.71. The van der Waals surface area contributed by atoms with Crippen LogP contribution in [0.3, 0.4) is 0 Å². The molecule has 0 unspecified atom stereocenters. The molecule has 2 N–H and O–H groups in total. The van der Waals surface area contributed by atoms with E-state index in [0.717, 1.165) is 6.07 Å². The summed E-state index contributed by atoms with van der Waals surface area (Å²) < 4.78 is 13.8. The molecule has 0 bridgehead atoms. The highest BCUT2D eigenvalue weighted by Gasteiger charge is 2.14. The van der Waals surface area contributed by atoms with Gasteiger partial charge in [0.25, 0.3) is 11.9 Å². The van der Waals surface area contributed by atoms with Gasteiger partial charge in [-0.2, -0.15) is 4.80 Å². The molecule has 0 aliphatic carbocycles. The summed E-state index contributed by atoms with van der Waals surface area (Å²) in [4.78, 5) is 13.0. The van der Waals surface area contributed by atoms with Crippen LogP contribution in [0.2, 0.25) is 0 Å². The third-order valence-corrected chi connectivity index (χ3v) is 2.26. The fourth-order valence-electron chi connectivity index (χ4n) is 1.42. The van der Waals surface area contributed by atoms with Crippen LogP contribution in [-0.4, -0.2) is 37.8 Å². The zero-order valence-electron chi connectivity index (χ0n) is 10.5. The molecule has 7 nitrogen and oxygen atoms in total. The van der Waals surface area contributed by atoms with Crippen molar-refractivity contribution in [1.29, 1.82) is 0 Å². The summed E-state index contributed by atoms with van der Waals surface area (Å²) in [6, 6.07) is 3.88. The molecule has 0 saturated carbocycles. The van der Waals surface area contributed by atoms with Crippen molar-refractivity contribution in [2.45, 2.75) is 0 Å². The number of aryl methyl sites for hydroxylation is 1. The second-order valence-electron chi connectivity index (χ2n) is 3.71. The van der Waals surface area contributed by atoms with Gasteiger partial charge in [0.05, 0.1) is 12.6 Å². The van der Waals surface area contributed by atoms with Gasteiger partial charge in [0, 0.05) is 5.56 Å². The molecule has 8 heteroatoms. The Morgan fingerprint density at radius 3 is 2.95 bits per heavy atom. The van der Waals surface area contributed by atoms with Crippen LogP contribution in [0.15, 0.2) is 18.2 Å². The van der Waals surface area contributed by atoms with Crippen LogP contribution < -0.4 is 5.32 Å². The van der Waals surface area contributed by atoms with E-state index in [4.69, 9.17) is 5.11 Å². The first-order chi connectivity index (χ1) is 9.60. The van der Waals surface area contributed by atoms with E-state index in [1.807, 2.05) is 0 Å². The van der Waals surface area contributed by atoms with Gasteiger partial charge in [0.15, 0.2) is 0 Å². The van der Waals surface area contributed by atoms with Crippen molar-refractivity contribution in [2.24, 2.45) is 7.05 Å². The van der Waals surface area contributed by atoms with Gasteiger partial charge in [0.2, 0.25) is 0 Å². The van der Waals surface area contributed by atoms with Crippen molar-refractivity contribution in [1.82, 2.24) is 20.2 Å². The first-order valence-corrected chi connectivity index (χ1v) is 5.55. The van der Waals surface area contributed by atoms with Gasteiger partial charge in [0.1, 0.15) is 12.4 Å². The van der Waals surface area contributed by atoms with E-state index in [2.05, 4.69) is 32.6 Å². The molecule has 0 fully saturated rings. The lowest BCUT2D eigenvalue weighted by atomic mass is 10.1. The lowest BCUT2D eigenvalue weighted by Gasteiger charge is -2.02. The minimum Gasteiger partial charge on any atom is -0.384 e. The highest BCUT2D eigenvalue weighted by molar-refractivity contribution is 6.03. The maximum absolute atomic E-state index is 13.8. The molecule has 102 valence electrons. The van der Waals surface area contributed by atoms with E-state index in [9.17, 15) is 9.18 Å². The molecule has 20 heavy (non-hydrogen) atoms. The summed E-state index contributed by atoms with van der Waals surface area (Å²) in [5, 5.41) is 21.7. The minimum absolute atomic E-state index is 0.0129. The number of aliphatic hydroxyl groups excluding tert-OH is 1. The van der Waals surface area contributed by atoms with Crippen LogP contribution in [0.4, 0.5) is 10.3 Å². The molecule has 0 saturated heterocycles. The number of nitrogens with zero attached hydrogens (tertiary/aromatic N) is 4. The van der Waals surface area contributed by atoms with E-state index in [0.29, 0.717) is 5.56 Å². The maximum atomic E-state index is 13.8. The lowest BCUT2D eigenvalue weighted by Crippen LogP contribution is -2.15. The smallest absolute Gasteiger partial charge is 0.270 e. The van der Waals surface area contributed by atoms with Gasteiger partial charge in [-0.1, -0.05) is 16.9 Å². The van der Waals surface area contributed by atoms with E-state index < -0.39 is 11.7 Å². The molecular formula is C12H10FN5O2. The number of nitrogens with one attached hydrogen (secondary N) is 1. The highest BCUT2D eigenvalue weighted by atomic mass is 19.1. The standard InChI is InChI=1S/C12H10FN5O2/c1-18-16-12(15-17-18)14-11(20)9-5-4-8(3-2-6-19)7-10(9)13/h4-5,7,19H,6H2,1H3,(H,14,16,20). The molecule has 0 aliphatic rings. The lowest BCUT2D eigenvalue weighted by molar-refractivity contribution is 0.102. The van der Waals surface area contributed by atoms with Crippen LogP contribution in [0.5, 0.6) is 0 Å². The van der Waals surface area contributed by atoms with E-state index in [1.54, 1.807) is 0 Å². The molecule has 0 spiro atoms. The Morgan fingerprint density at radius 1 is 1.55 bits per heavy atom. The molecule has 2 rings (SSSR count). The van der Waals surface area contributed by atoms with E-state index in [1.165, 1.54) is 24.0 Å². The van der Waals surface area contributed by atoms with Gasteiger partial charge in [-0.3, -0.25) is 10.1 Å². The molecule has 0 atom stereocenters. The number of rotatable bonds is 2. The summed E-state index contributed by atoms with van der Waals surface area (Å²) in [5.74, 6) is 3.51. The van der Waals surface area contributed by atoms with Crippen LogP contribution in [-0.2, 0) is 7.05 Å². The molecule has 2 aromatic rings. The highest BCUT2D eigenvalue weighted by Crippen LogP contribution is 2.11. The molecule has 1 amide bonds. The van der Waals surface area contributed by atoms with Crippen LogP contribution in [0, 0.1) is 17.7 Å². The SMILES string of the molecule is Cn1nnc(NC(=O)c2ccc(C#CCO)cc2F)n1. The topological polar surface area (TPSA) is 92.9 Å². The zero-order chi connectivity index (χ0) is 14.5. The van der Waals surface area contributed by atoms with Gasteiger partial charge < -0.3 is 5.11 Å². The quantitative estimate of drug-likeness (QED) is 0.749. The predicted octanol–water partition coefficient (Wildman–Crippen LogP) is -0.0547. The van der Waals surface area contributed by atoms with Crippen LogP contribution in [0.1, 0.15) is 15.9 Å². The van der Waals surface area contributed by atoms with Gasteiger partial charge in [-0.15, -0.1) is 5.10 Å². The number of carbonyl (C=O) groups is 1. The molecular weight excluding hydrogens is 265 g/mol. The van der Waals surface area contributed by atoms with Crippen molar-refractivity contribution < 1.29 is 14.3 Å². The normalized spacial score (nSPS) is 9.75. The summed E-state index contributed by atoms with van der Waals surface area (Å²) in [6.45, 7) is -0.317. The Kier molecular flexibility index (Phi) is 4.02.